The molecule has 0 unspecified atom stereocenters. The van der Waals surface area contributed by atoms with Gasteiger partial charge in [0.25, 0.3) is 5.91 Å². The average Bonchev–Trinajstić information content (AvgIpc) is 2.49. The van der Waals surface area contributed by atoms with Crippen LogP contribution >= 0.6 is 15.9 Å². The van der Waals surface area contributed by atoms with E-state index in [1.54, 1.807) is 0 Å². The van der Waals surface area contributed by atoms with Crippen LogP contribution in [0.5, 0.6) is 0 Å². The van der Waals surface area contributed by atoms with Gasteiger partial charge in [0.2, 0.25) is 0 Å². The highest BCUT2D eigenvalue weighted by Crippen LogP contribution is 2.16. The molecule has 2 N–H and O–H groups in total. The molecule has 1 amide bonds. The second-order valence-corrected chi connectivity index (χ2v) is 5.28. The maximum absolute atomic E-state index is 12.0. The summed E-state index contributed by atoms with van der Waals surface area (Å²) in [6, 6.07) is 15.5. The molecule has 2 aromatic carbocycles. The van der Waals surface area contributed by atoms with Gasteiger partial charge >= 0.3 is 0 Å². The van der Waals surface area contributed by atoms with E-state index in [0.29, 0.717) is 12.1 Å². The Bertz CT molecular complexity index is 599. The number of nitrogens with one attached hydrogen (secondary N) is 2. The zero-order valence-electron chi connectivity index (χ0n) is 11.3. The Labute approximate surface area is 127 Å². The van der Waals surface area contributed by atoms with Crippen molar-refractivity contribution in [2.75, 3.05) is 18.9 Å². The highest BCUT2D eigenvalue weighted by atomic mass is 79.9. The summed E-state index contributed by atoms with van der Waals surface area (Å²) in [5.41, 5.74) is 2.80. The van der Waals surface area contributed by atoms with E-state index < -0.39 is 0 Å². The maximum Gasteiger partial charge on any atom is 0.251 e. The normalized spacial score (nSPS) is 10.1. The van der Waals surface area contributed by atoms with Gasteiger partial charge in [0.05, 0.1) is 0 Å². The highest BCUT2D eigenvalue weighted by molar-refractivity contribution is 9.10. The van der Waals surface area contributed by atoms with Crippen molar-refractivity contribution in [1.82, 2.24) is 5.32 Å². The maximum atomic E-state index is 12.0. The second kappa shape index (κ2) is 7.10. The van der Waals surface area contributed by atoms with E-state index in [4.69, 9.17) is 0 Å². The van der Waals surface area contributed by atoms with Crippen molar-refractivity contribution in [3.63, 3.8) is 0 Å². The number of rotatable bonds is 5. The molecule has 0 fully saturated rings. The smallest absolute Gasteiger partial charge is 0.251 e. The first-order valence-electron chi connectivity index (χ1n) is 6.50. The average molecular weight is 333 g/mol. The SMILES string of the molecule is CNc1cccc(C(=O)NCCc2ccccc2Br)c1. The van der Waals surface area contributed by atoms with Crippen molar-refractivity contribution in [2.24, 2.45) is 0 Å². The minimum absolute atomic E-state index is 0.0471. The molecule has 0 spiro atoms. The number of carbonyl (C=O) groups is 1. The summed E-state index contributed by atoms with van der Waals surface area (Å²) in [4.78, 5) is 12.0. The van der Waals surface area contributed by atoms with Gasteiger partial charge in [-0.25, -0.2) is 0 Å². The van der Waals surface area contributed by atoms with E-state index in [1.165, 1.54) is 5.56 Å². The zero-order chi connectivity index (χ0) is 14.4. The van der Waals surface area contributed by atoms with Gasteiger partial charge in [-0.1, -0.05) is 40.2 Å². The summed E-state index contributed by atoms with van der Waals surface area (Å²) in [5.74, 6) is -0.0471. The van der Waals surface area contributed by atoms with Gasteiger partial charge in [0.1, 0.15) is 0 Å². The van der Waals surface area contributed by atoms with Crippen molar-refractivity contribution < 1.29 is 4.79 Å². The molecule has 0 radical (unpaired) electrons. The Morgan fingerprint density at radius 3 is 2.70 bits per heavy atom. The molecule has 4 heteroatoms. The van der Waals surface area contributed by atoms with Gasteiger partial charge in [0, 0.05) is 29.3 Å². The van der Waals surface area contributed by atoms with Gasteiger partial charge < -0.3 is 10.6 Å². The first kappa shape index (κ1) is 14.6. The van der Waals surface area contributed by atoms with Crippen LogP contribution in [-0.2, 0) is 6.42 Å². The van der Waals surface area contributed by atoms with Crippen molar-refractivity contribution in [3.05, 3.63) is 64.1 Å². The third-order valence-corrected chi connectivity index (χ3v) is 3.82. The molecule has 20 heavy (non-hydrogen) atoms. The standard InChI is InChI=1S/C16H17BrN2O/c1-18-14-7-4-6-13(11-14)16(20)19-10-9-12-5-2-3-8-15(12)17/h2-8,11,18H,9-10H2,1H3,(H,19,20). The molecular weight excluding hydrogens is 316 g/mol. The molecule has 104 valence electrons. The molecule has 2 aromatic rings. The summed E-state index contributed by atoms with van der Waals surface area (Å²) >= 11 is 3.51. The third kappa shape index (κ3) is 3.84. The first-order chi connectivity index (χ1) is 9.70. The van der Waals surface area contributed by atoms with E-state index in [9.17, 15) is 4.79 Å². The molecule has 0 heterocycles. The largest absolute Gasteiger partial charge is 0.388 e. The van der Waals surface area contributed by atoms with Crippen molar-refractivity contribution in [2.45, 2.75) is 6.42 Å². The van der Waals surface area contributed by atoms with Crippen molar-refractivity contribution in [3.8, 4) is 0 Å². The van der Waals surface area contributed by atoms with E-state index in [1.807, 2.05) is 49.5 Å². The summed E-state index contributed by atoms with van der Waals surface area (Å²) in [6.45, 7) is 0.616. The number of hydrogen-bond acceptors (Lipinski definition) is 2. The lowest BCUT2D eigenvalue weighted by molar-refractivity contribution is 0.0954. The monoisotopic (exact) mass is 332 g/mol. The lowest BCUT2D eigenvalue weighted by Crippen LogP contribution is -2.25. The molecule has 3 nitrogen and oxygen atoms in total. The molecule has 0 saturated heterocycles. The number of benzene rings is 2. The fourth-order valence-electron chi connectivity index (χ4n) is 1.93. The lowest BCUT2D eigenvalue weighted by atomic mass is 10.1. The predicted molar refractivity (Wildman–Crippen MR) is 86.2 cm³/mol. The van der Waals surface area contributed by atoms with Crippen LogP contribution < -0.4 is 10.6 Å². The molecule has 0 aromatic heterocycles. The van der Waals surface area contributed by atoms with Crippen molar-refractivity contribution >= 4 is 27.5 Å². The summed E-state index contributed by atoms with van der Waals surface area (Å²) in [5, 5.41) is 5.96. The van der Waals surface area contributed by atoms with Crippen LogP contribution in [0.25, 0.3) is 0 Å². The molecule has 0 atom stereocenters. The number of amides is 1. The number of carbonyl (C=O) groups excluding carboxylic acids is 1. The molecule has 0 bridgehead atoms. The molecule has 0 aliphatic heterocycles. The number of halogens is 1. The fraction of sp³-hybridized carbons (Fsp3) is 0.188. The molecule has 0 aliphatic rings. The van der Waals surface area contributed by atoms with Gasteiger partial charge in [-0.2, -0.15) is 0 Å². The van der Waals surface area contributed by atoms with Gasteiger partial charge in [-0.15, -0.1) is 0 Å². The van der Waals surface area contributed by atoms with Crippen molar-refractivity contribution in [1.29, 1.82) is 0 Å². The Kier molecular flexibility index (Phi) is 5.18. The molecule has 0 aliphatic carbocycles. The van der Waals surface area contributed by atoms with Gasteiger partial charge in [0.15, 0.2) is 0 Å². The van der Waals surface area contributed by atoms with Crippen LogP contribution in [0.2, 0.25) is 0 Å². The fourth-order valence-corrected chi connectivity index (χ4v) is 2.41. The lowest BCUT2D eigenvalue weighted by Gasteiger charge is -2.08. The number of anilines is 1. The third-order valence-electron chi connectivity index (χ3n) is 3.05. The van der Waals surface area contributed by atoms with E-state index >= 15 is 0 Å². The topological polar surface area (TPSA) is 41.1 Å². The van der Waals surface area contributed by atoms with Crippen LogP contribution in [0.1, 0.15) is 15.9 Å². The first-order valence-corrected chi connectivity index (χ1v) is 7.29. The van der Waals surface area contributed by atoms with E-state index in [0.717, 1.165) is 16.6 Å². The minimum atomic E-state index is -0.0471. The molecular formula is C16H17BrN2O. The van der Waals surface area contributed by atoms with E-state index in [-0.39, 0.29) is 5.91 Å². The molecule has 0 saturated carbocycles. The minimum Gasteiger partial charge on any atom is -0.388 e. The Morgan fingerprint density at radius 1 is 1.15 bits per heavy atom. The summed E-state index contributed by atoms with van der Waals surface area (Å²) < 4.78 is 1.08. The van der Waals surface area contributed by atoms with Crippen LogP contribution in [-0.4, -0.2) is 19.5 Å². The van der Waals surface area contributed by atoms with Crippen LogP contribution in [0.4, 0.5) is 5.69 Å². The Morgan fingerprint density at radius 2 is 1.95 bits per heavy atom. The quantitative estimate of drug-likeness (QED) is 0.880. The second-order valence-electron chi connectivity index (χ2n) is 4.43. The summed E-state index contributed by atoms with van der Waals surface area (Å²) in [7, 11) is 1.84. The summed E-state index contributed by atoms with van der Waals surface area (Å²) in [6.07, 6.45) is 0.804. The van der Waals surface area contributed by atoms with E-state index in [2.05, 4.69) is 32.6 Å². The predicted octanol–water partition coefficient (Wildman–Crippen LogP) is 3.46. The zero-order valence-corrected chi connectivity index (χ0v) is 12.9. The number of hydrogen-bond donors (Lipinski definition) is 2. The molecule has 2 rings (SSSR count). The highest BCUT2D eigenvalue weighted by Gasteiger charge is 2.06. The van der Waals surface area contributed by atoms with Gasteiger partial charge in [-0.3, -0.25) is 4.79 Å². The van der Waals surface area contributed by atoms with Crippen LogP contribution in [0.15, 0.2) is 53.0 Å². The Hall–Kier alpha value is -1.81. The Balaban J connectivity index is 1.91. The van der Waals surface area contributed by atoms with Gasteiger partial charge in [-0.05, 0) is 36.2 Å². The van der Waals surface area contributed by atoms with Crippen LogP contribution in [0, 0.1) is 0 Å². The van der Waals surface area contributed by atoms with Crippen LogP contribution in [0.3, 0.4) is 0 Å².